The number of hydrogen-bond donors (Lipinski definition) is 1. The number of para-hydroxylation sites is 1. The summed E-state index contributed by atoms with van der Waals surface area (Å²) in [5.41, 5.74) is 0.954. The van der Waals surface area contributed by atoms with Gasteiger partial charge in [0.25, 0.3) is 5.91 Å². The molecule has 0 aliphatic rings. The minimum absolute atomic E-state index is 0.106. The molecule has 5 heteroatoms. The Hall–Kier alpha value is -3.34. The van der Waals surface area contributed by atoms with Gasteiger partial charge in [0.05, 0.1) is 12.8 Å². The number of carbonyl (C=O) groups excluding carboxylic acids is 2. The lowest BCUT2D eigenvalue weighted by molar-refractivity contribution is -0.118. The van der Waals surface area contributed by atoms with Gasteiger partial charge in [-0.2, -0.15) is 0 Å². The summed E-state index contributed by atoms with van der Waals surface area (Å²) < 4.78 is 10.8. The van der Waals surface area contributed by atoms with Crippen LogP contribution in [0.25, 0.3) is 10.8 Å². The van der Waals surface area contributed by atoms with Crippen molar-refractivity contribution in [3.8, 4) is 11.5 Å². The number of carbonyl (C=O) groups is 2. The molecule has 3 rings (SSSR count). The van der Waals surface area contributed by atoms with Crippen LogP contribution in [0, 0.1) is 0 Å². The summed E-state index contributed by atoms with van der Waals surface area (Å²) in [4.78, 5) is 23.8. The van der Waals surface area contributed by atoms with Crippen LogP contribution < -0.4 is 14.8 Å². The van der Waals surface area contributed by atoms with E-state index in [2.05, 4.69) is 5.32 Å². The highest BCUT2D eigenvalue weighted by atomic mass is 16.5. The second-order valence-electron chi connectivity index (χ2n) is 5.81. The van der Waals surface area contributed by atoms with Crippen LogP contribution in [0.4, 0.5) is 5.69 Å². The highest BCUT2D eigenvalue weighted by molar-refractivity contribution is 6.04. The van der Waals surface area contributed by atoms with E-state index in [0.29, 0.717) is 17.0 Å². The number of nitrogens with one attached hydrogen (secondary N) is 1. The smallest absolute Gasteiger partial charge is 0.262 e. The predicted molar refractivity (Wildman–Crippen MR) is 101 cm³/mol. The molecule has 0 fully saturated rings. The number of hydrogen-bond acceptors (Lipinski definition) is 4. The third kappa shape index (κ3) is 4.00. The zero-order valence-electron chi connectivity index (χ0n) is 14.6. The average Bonchev–Trinajstić information content (AvgIpc) is 2.66. The van der Waals surface area contributed by atoms with E-state index in [4.69, 9.17) is 9.47 Å². The lowest BCUT2D eigenvalue weighted by Crippen LogP contribution is -2.21. The predicted octanol–water partition coefficient (Wildman–Crippen LogP) is 4.07. The molecule has 1 N–H and O–H groups in total. The van der Waals surface area contributed by atoms with Gasteiger partial charge in [-0.3, -0.25) is 9.59 Å². The van der Waals surface area contributed by atoms with Crippen molar-refractivity contribution < 1.29 is 19.1 Å². The standard InChI is InChI=1S/C21H19NO4/c1-14(23)19-5-3-4-6-20(19)22-21(24)13-26-18-10-8-15-7-9-17(25-2)11-16(15)12-18/h3-12H,13H2,1-2H3,(H,22,24). The Kier molecular flexibility index (Phi) is 5.17. The Bertz CT molecular complexity index is 965. The van der Waals surface area contributed by atoms with Gasteiger partial charge in [-0.25, -0.2) is 0 Å². The van der Waals surface area contributed by atoms with Crippen molar-refractivity contribution in [3.63, 3.8) is 0 Å². The molecule has 0 aromatic heterocycles. The summed E-state index contributed by atoms with van der Waals surface area (Å²) in [6.07, 6.45) is 0. The Morgan fingerprint density at radius 1 is 0.923 bits per heavy atom. The van der Waals surface area contributed by atoms with Crippen molar-refractivity contribution >= 4 is 28.2 Å². The number of ketones is 1. The molecule has 3 aromatic rings. The Labute approximate surface area is 151 Å². The fraction of sp³-hybridized carbons (Fsp3) is 0.143. The maximum atomic E-state index is 12.2. The Morgan fingerprint density at radius 3 is 2.35 bits per heavy atom. The number of fused-ring (bicyclic) bond motifs is 1. The van der Waals surface area contributed by atoms with Gasteiger partial charge < -0.3 is 14.8 Å². The molecule has 0 spiro atoms. The first-order chi connectivity index (χ1) is 12.6. The number of Topliss-reactive ketones (excluding diaryl/α,β-unsaturated/α-hetero) is 1. The van der Waals surface area contributed by atoms with Crippen molar-refractivity contribution in [1.29, 1.82) is 0 Å². The third-order valence-electron chi connectivity index (χ3n) is 3.97. The molecule has 132 valence electrons. The molecule has 0 radical (unpaired) electrons. The topological polar surface area (TPSA) is 64.6 Å². The first-order valence-corrected chi connectivity index (χ1v) is 8.17. The van der Waals surface area contributed by atoms with E-state index in [1.54, 1.807) is 31.4 Å². The van der Waals surface area contributed by atoms with E-state index in [-0.39, 0.29) is 18.3 Å². The van der Waals surface area contributed by atoms with Crippen LogP contribution in [0.2, 0.25) is 0 Å². The monoisotopic (exact) mass is 349 g/mol. The van der Waals surface area contributed by atoms with Crippen LogP contribution in [-0.2, 0) is 4.79 Å². The molecular weight excluding hydrogens is 330 g/mol. The van der Waals surface area contributed by atoms with Crippen LogP contribution in [0.3, 0.4) is 0 Å². The summed E-state index contributed by atoms with van der Waals surface area (Å²) in [6.45, 7) is 1.31. The minimum atomic E-state index is -0.329. The zero-order valence-corrected chi connectivity index (χ0v) is 14.6. The second kappa shape index (κ2) is 7.70. The van der Waals surface area contributed by atoms with E-state index in [9.17, 15) is 9.59 Å². The van der Waals surface area contributed by atoms with Crippen LogP contribution in [0.1, 0.15) is 17.3 Å². The SMILES string of the molecule is COc1ccc2ccc(OCC(=O)Nc3ccccc3C(C)=O)cc2c1. The van der Waals surface area contributed by atoms with Gasteiger partial charge in [-0.15, -0.1) is 0 Å². The molecule has 0 saturated carbocycles. The molecule has 0 atom stereocenters. The highest BCUT2D eigenvalue weighted by Crippen LogP contribution is 2.25. The van der Waals surface area contributed by atoms with Gasteiger partial charge in [-0.1, -0.05) is 24.3 Å². The molecule has 0 aliphatic carbocycles. The van der Waals surface area contributed by atoms with Gasteiger partial charge in [0, 0.05) is 5.56 Å². The molecule has 5 nitrogen and oxygen atoms in total. The van der Waals surface area contributed by atoms with Crippen LogP contribution in [-0.4, -0.2) is 25.4 Å². The number of amides is 1. The van der Waals surface area contributed by atoms with E-state index in [1.807, 2.05) is 36.4 Å². The summed E-state index contributed by atoms with van der Waals surface area (Å²) in [7, 11) is 1.62. The third-order valence-corrected chi connectivity index (χ3v) is 3.97. The van der Waals surface area contributed by atoms with Crippen molar-refractivity contribution in [2.24, 2.45) is 0 Å². The summed E-state index contributed by atoms with van der Waals surface area (Å²) in [5.74, 6) is 0.906. The lowest BCUT2D eigenvalue weighted by Gasteiger charge is -2.11. The highest BCUT2D eigenvalue weighted by Gasteiger charge is 2.10. The molecule has 0 aliphatic heterocycles. The minimum Gasteiger partial charge on any atom is -0.497 e. The average molecular weight is 349 g/mol. The van der Waals surface area contributed by atoms with Gasteiger partial charge >= 0.3 is 0 Å². The number of methoxy groups -OCH3 is 1. The summed E-state index contributed by atoms with van der Waals surface area (Å²) in [5, 5.41) is 4.73. The maximum absolute atomic E-state index is 12.2. The van der Waals surface area contributed by atoms with Crippen LogP contribution in [0.5, 0.6) is 11.5 Å². The van der Waals surface area contributed by atoms with Crippen molar-refractivity contribution in [1.82, 2.24) is 0 Å². The fourth-order valence-corrected chi connectivity index (χ4v) is 2.65. The molecule has 0 bridgehead atoms. The van der Waals surface area contributed by atoms with Crippen molar-refractivity contribution in [2.75, 3.05) is 19.0 Å². The largest absolute Gasteiger partial charge is 0.497 e. The number of anilines is 1. The summed E-state index contributed by atoms with van der Waals surface area (Å²) in [6, 6.07) is 18.2. The fourth-order valence-electron chi connectivity index (χ4n) is 2.65. The molecular formula is C21H19NO4. The molecule has 0 unspecified atom stereocenters. The van der Waals surface area contributed by atoms with E-state index in [1.165, 1.54) is 6.92 Å². The molecule has 0 heterocycles. The van der Waals surface area contributed by atoms with Gasteiger partial charge in [0.2, 0.25) is 0 Å². The Balaban J connectivity index is 1.68. The van der Waals surface area contributed by atoms with Crippen molar-refractivity contribution in [2.45, 2.75) is 6.92 Å². The first kappa shape index (κ1) is 17.5. The normalized spacial score (nSPS) is 10.4. The second-order valence-corrected chi connectivity index (χ2v) is 5.81. The van der Waals surface area contributed by atoms with Crippen LogP contribution >= 0.6 is 0 Å². The van der Waals surface area contributed by atoms with E-state index < -0.39 is 0 Å². The van der Waals surface area contributed by atoms with Gasteiger partial charge in [-0.05, 0) is 54.1 Å². The lowest BCUT2D eigenvalue weighted by atomic mass is 10.1. The number of ether oxygens (including phenoxy) is 2. The quantitative estimate of drug-likeness (QED) is 0.682. The number of benzene rings is 3. The molecule has 0 saturated heterocycles. The first-order valence-electron chi connectivity index (χ1n) is 8.17. The molecule has 1 amide bonds. The molecule has 26 heavy (non-hydrogen) atoms. The Morgan fingerprint density at radius 2 is 1.62 bits per heavy atom. The number of rotatable bonds is 6. The van der Waals surface area contributed by atoms with Crippen molar-refractivity contribution in [3.05, 3.63) is 66.2 Å². The zero-order chi connectivity index (χ0) is 18.5. The van der Waals surface area contributed by atoms with Gasteiger partial charge in [0.15, 0.2) is 12.4 Å². The van der Waals surface area contributed by atoms with E-state index >= 15 is 0 Å². The van der Waals surface area contributed by atoms with Gasteiger partial charge in [0.1, 0.15) is 11.5 Å². The molecule has 3 aromatic carbocycles. The van der Waals surface area contributed by atoms with E-state index in [0.717, 1.165) is 16.5 Å². The summed E-state index contributed by atoms with van der Waals surface area (Å²) >= 11 is 0. The van der Waals surface area contributed by atoms with Crippen LogP contribution in [0.15, 0.2) is 60.7 Å². The maximum Gasteiger partial charge on any atom is 0.262 e.